The molecule has 1 N–H and O–H groups in total. The second-order valence-corrected chi connectivity index (χ2v) is 9.24. The van der Waals surface area contributed by atoms with Crippen molar-refractivity contribution in [3.05, 3.63) is 60.2 Å². The Balaban J connectivity index is 1.57. The van der Waals surface area contributed by atoms with Crippen LogP contribution < -0.4 is 0 Å². The number of benzene rings is 1. The van der Waals surface area contributed by atoms with Crippen molar-refractivity contribution in [3.63, 3.8) is 0 Å². The van der Waals surface area contributed by atoms with Crippen LogP contribution in [0, 0.1) is 0 Å². The predicted molar refractivity (Wildman–Crippen MR) is 139 cm³/mol. The third-order valence-corrected chi connectivity index (χ3v) is 6.58. The van der Waals surface area contributed by atoms with Gasteiger partial charge in [-0.1, -0.05) is 93.7 Å². The quantitative estimate of drug-likeness (QED) is 0.146. The first-order valence-corrected chi connectivity index (χ1v) is 13.2. The van der Waals surface area contributed by atoms with Gasteiger partial charge in [-0.3, -0.25) is 4.48 Å². The lowest BCUT2D eigenvalue weighted by atomic mass is 10.1. The van der Waals surface area contributed by atoms with E-state index < -0.39 is 0 Å². The number of allylic oxidation sites excluding steroid dienone is 4. The first kappa shape index (κ1) is 26.5. The summed E-state index contributed by atoms with van der Waals surface area (Å²) in [5.74, 6) is 1.31. The van der Waals surface area contributed by atoms with Gasteiger partial charge in [0, 0.05) is 12.0 Å². The second kappa shape index (κ2) is 16.9. The lowest BCUT2D eigenvalue weighted by molar-refractivity contribution is -0.850. The van der Waals surface area contributed by atoms with Crippen molar-refractivity contribution in [2.45, 2.75) is 90.5 Å². The molecule has 0 saturated carbocycles. The Kier molecular flexibility index (Phi) is 14.0. The molecule has 0 aliphatic carbocycles. The van der Waals surface area contributed by atoms with E-state index in [1.807, 2.05) is 0 Å². The Hall–Kier alpha value is -1.71. The number of rotatable bonds is 18. The number of nitrogens with zero attached hydrogens (tertiary/aromatic N) is 2. The molecule has 1 aliphatic rings. The van der Waals surface area contributed by atoms with Crippen molar-refractivity contribution in [2.75, 3.05) is 26.2 Å². The van der Waals surface area contributed by atoms with Crippen molar-refractivity contribution in [2.24, 2.45) is 4.99 Å². The largest absolute Gasteiger partial charge is 0.390 e. The minimum atomic E-state index is 0.230. The highest BCUT2D eigenvalue weighted by atomic mass is 16.3. The Labute approximate surface area is 197 Å². The molecule has 178 valence electrons. The number of amidine groups is 1. The normalized spacial score (nSPS) is 18.8. The fourth-order valence-electron chi connectivity index (χ4n) is 4.67. The van der Waals surface area contributed by atoms with Crippen molar-refractivity contribution in [1.29, 1.82) is 0 Å². The maximum absolute atomic E-state index is 9.71. The zero-order chi connectivity index (χ0) is 22.7. The van der Waals surface area contributed by atoms with Gasteiger partial charge in [0.2, 0.25) is 0 Å². The molecular formula is C29H47N2O+. The molecule has 0 radical (unpaired) electrons. The van der Waals surface area contributed by atoms with E-state index in [9.17, 15) is 5.11 Å². The van der Waals surface area contributed by atoms with Gasteiger partial charge in [-0.2, -0.15) is 0 Å². The summed E-state index contributed by atoms with van der Waals surface area (Å²) in [7, 11) is 0. The predicted octanol–water partition coefficient (Wildman–Crippen LogP) is 7.22. The highest BCUT2D eigenvalue weighted by Crippen LogP contribution is 2.24. The average Bonchev–Trinajstić information content (AvgIpc) is 3.19. The Morgan fingerprint density at radius 1 is 0.875 bits per heavy atom. The van der Waals surface area contributed by atoms with Crippen molar-refractivity contribution in [1.82, 2.24) is 0 Å². The first-order valence-electron chi connectivity index (χ1n) is 13.2. The third-order valence-electron chi connectivity index (χ3n) is 6.58. The lowest BCUT2D eigenvalue weighted by Crippen LogP contribution is -2.51. The molecule has 1 aromatic carbocycles. The number of aliphatic hydroxyl groups excluding tert-OH is 1. The molecule has 1 heterocycles. The summed E-state index contributed by atoms with van der Waals surface area (Å²) >= 11 is 0. The van der Waals surface area contributed by atoms with Crippen LogP contribution in [0.1, 0.15) is 89.5 Å². The van der Waals surface area contributed by atoms with E-state index in [1.54, 1.807) is 0 Å². The molecule has 32 heavy (non-hydrogen) atoms. The third kappa shape index (κ3) is 10.3. The molecule has 0 aromatic heterocycles. The van der Waals surface area contributed by atoms with Gasteiger partial charge in [0.1, 0.15) is 19.6 Å². The number of hydrogen-bond acceptors (Lipinski definition) is 2. The molecule has 1 aromatic rings. The minimum absolute atomic E-state index is 0.230. The highest BCUT2D eigenvalue weighted by Gasteiger charge is 2.37. The minimum Gasteiger partial charge on any atom is -0.390 e. The molecular weight excluding hydrogens is 392 g/mol. The summed E-state index contributed by atoms with van der Waals surface area (Å²) in [4.78, 5) is 4.87. The van der Waals surface area contributed by atoms with E-state index in [1.165, 1.54) is 75.6 Å². The molecule has 3 heteroatoms. The molecule has 0 fully saturated rings. The molecule has 0 amide bonds. The SMILES string of the molecule is CCCCCC=CCC=CCCCCCCCC1=NCC[N+]1(CCO)Cc1ccccc1. The Morgan fingerprint density at radius 3 is 2.28 bits per heavy atom. The monoisotopic (exact) mass is 439 g/mol. The van der Waals surface area contributed by atoms with Crippen LogP contribution in [0.25, 0.3) is 0 Å². The molecule has 3 nitrogen and oxygen atoms in total. The summed E-state index contributed by atoms with van der Waals surface area (Å²) in [5.41, 5.74) is 1.34. The molecule has 0 saturated heterocycles. The summed E-state index contributed by atoms with van der Waals surface area (Å²) < 4.78 is 0.859. The summed E-state index contributed by atoms with van der Waals surface area (Å²) in [6, 6.07) is 10.7. The van der Waals surface area contributed by atoms with E-state index in [0.717, 1.165) is 43.5 Å². The maximum Gasteiger partial charge on any atom is 0.198 e. The van der Waals surface area contributed by atoms with E-state index in [-0.39, 0.29) is 6.61 Å². The molecule has 1 atom stereocenters. The topological polar surface area (TPSA) is 32.6 Å². The van der Waals surface area contributed by atoms with Crippen LogP contribution >= 0.6 is 0 Å². The van der Waals surface area contributed by atoms with E-state index in [0.29, 0.717) is 0 Å². The van der Waals surface area contributed by atoms with Crippen LogP contribution in [-0.2, 0) is 6.54 Å². The van der Waals surface area contributed by atoms with Crippen molar-refractivity contribution < 1.29 is 9.59 Å². The lowest BCUT2D eigenvalue weighted by Gasteiger charge is -2.34. The highest BCUT2D eigenvalue weighted by molar-refractivity contribution is 5.76. The van der Waals surface area contributed by atoms with Gasteiger partial charge in [-0.25, -0.2) is 4.99 Å². The van der Waals surface area contributed by atoms with Crippen LogP contribution in [0.2, 0.25) is 0 Å². The first-order chi connectivity index (χ1) is 15.8. The van der Waals surface area contributed by atoms with Crippen LogP contribution in [0.4, 0.5) is 0 Å². The number of quaternary nitrogens is 1. The van der Waals surface area contributed by atoms with Gasteiger partial charge >= 0.3 is 0 Å². The second-order valence-electron chi connectivity index (χ2n) is 9.24. The number of unbranched alkanes of at least 4 members (excludes halogenated alkanes) is 8. The zero-order valence-electron chi connectivity index (χ0n) is 20.6. The van der Waals surface area contributed by atoms with Gasteiger partial charge in [-0.15, -0.1) is 0 Å². The summed E-state index contributed by atoms with van der Waals surface area (Å²) in [5, 5.41) is 9.71. The number of hydrogen-bond donors (Lipinski definition) is 1. The Morgan fingerprint density at radius 2 is 1.56 bits per heavy atom. The number of aliphatic hydroxyl groups is 1. The fourth-order valence-corrected chi connectivity index (χ4v) is 4.67. The van der Waals surface area contributed by atoms with E-state index in [2.05, 4.69) is 61.6 Å². The molecule has 1 unspecified atom stereocenters. The van der Waals surface area contributed by atoms with E-state index >= 15 is 0 Å². The average molecular weight is 440 g/mol. The van der Waals surface area contributed by atoms with Crippen LogP contribution in [-0.4, -0.2) is 41.7 Å². The molecule has 0 spiro atoms. The van der Waals surface area contributed by atoms with Crippen molar-refractivity contribution >= 4 is 5.84 Å². The smallest absolute Gasteiger partial charge is 0.198 e. The standard InChI is InChI=1S/C29H47N2O/c1-2-3-4-5-6-7-8-9-10-11-12-13-14-15-19-22-29-30-23-24-31(29,25-26-32)27-28-20-17-16-18-21-28/h6-7,9-10,16-18,20-21,32H,2-5,8,11-15,19,22-27H2,1H3/q+1. The molecule has 0 bridgehead atoms. The van der Waals surface area contributed by atoms with Gasteiger partial charge in [-0.05, 0) is 38.5 Å². The van der Waals surface area contributed by atoms with E-state index in [4.69, 9.17) is 4.99 Å². The maximum atomic E-state index is 9.71. The molecule has 1 aliphatic heterocycles. The Bertz CT molecular complexity index is 680. The fraction of sp³-hybridized carbons (Fsp3) is 0.621. The summed E-state index contributed by atoms with van der Waals surface area (Å²) in [6.45, 7) is 6.17. The van der Waals surface area contributed by atoms with Gasteiger partial charge in [0.25, 0.3) is 0 Å². The van der Waals surface area contributed by atoms with Crippen molar-refractivity contribution in [3.8, 4) is 0 Å². The van der Waals surface area contributed by atoms with Crippen LogP contribution in [0.5, 0.6) is 0 Å². The van der Waals surface area contributed by atoms with Gasteiger partial charge < -0.3 is 5.11 Å². The van der Waals surface area contributed by atoms with Crippen LogP contribution in [0.3, 0.4) is 0 Å². The van der Waals surface area contributed by atoms with Crippen LogP contribution in [0.15, 0.2) is 59.6 Å². The summed E-state index contributed by atoms with van der Waals surface area (Å²) in [6.07, 6.45) is 24.4. The van der Waals surface area contributed by atoms with Gasteiger partial charge in [0.05, 0.1) is 13.2 Å². The van der Waals surface area contributed by atoms with Gasteiger partial charge in [0.15, 0.2) is 5.84 Å². The zero-order valence-corrected chi connectivity index (χ0v) is 20.6. The number of aliphatic imine (C=N–C) groups is 1. The molecule has 2 rings (SSSR count).